The van der Waals surface area contributed by atoms with Crippen molar-refractivity contribution < 1.29 is 9.53 Å². The lowest BCUT2D eigenvalue weighted by molar-refractivity contribution is -0.131. The topological polar surface area (TPSA) is 59.2 Å². The lowest BCUT2D eigenvalue weighted by atomic mass is 10.3. The van der Waals surface area contributed by atoms with Crippen LogP contribution in [-0.4, -0.2) is 11.0 Å². The second-order valence-electron chi connectivity index (χ2n) is 2.86. The second-order valence-corrected chi connectivity index (χ2v) is 4.25. The lowest BCUT2D eigenvalue weighted by Crippen LogP contribution is -2.01. The number of aromatic amines is 1. The minimum absolute atomic E-state index is 0.230. The summed E-state index contributed by atoms with van der Waals surface area (Å²) in [6.45, 7) is 1.30. The van der Waals surface area contributed by atoms with E-state index in [2.05, 4.69) is 4.98 Å². The van der Waals surface area contributed by atoms with Gasteiger partial charge in [-0.05, 0) is 12.1 Å². The molecule has 6 heteroatoms. The Labute approximate surface area is 93.4 Å². The number of hydrogen-bond acceptors (Lipinski definition) is 4. The largest absolute Gasteiger partial charge is 0.425 e. The number of fused-ring (bicyclic) bond motifs is 1. The van der Waals surface area contributed by atoms with Gasteiger partial charge in [0.05, 0.1) is 10.5 Å². The van der Waals surface area contributed by atoms with Gasteiger partial charge in [-0.3, -0.25) is 9.59 Å². The van der Waals surface area contributed by atoms with Crippen molar-refractivity contribution in [2.45, 2.75) is 6.92 Å². The summed E-state index contributed by atoms with van der Waals surface area (Å²) in [6.07, 6.45) is 0. The number of halogens is 1. The van der Waals surface area contributed by atoms with Gasteiger partial charge >= 0.3 is 10.8 Å². The highest BCUT2D eigenvalue weighted by atomic mass is 35.5. The summed E-state index contributed by atoms with van der Waals surface area (Å²) in [5, 5.41) is 0.430. The van der Waals surface area contributed by atoms with Crippen LogP contribution in [0.2, 0.25) is 5.02 Å². The first-order valence-corrected chi connectivity index (χ1v) is 5.27. The molecule has 0 atom stereocenters. The van der Waals surface area contributed by atoms with Crippen LogP contribution in [0.1, 0.15) is 6.92 Å². The standard InChI is InChI=1S/C9H6ClNO3S/c1-4(12)14-6-3-2-5(10)7-8(6)15-9(13)11-7/h2-3H,1H3,(H,11,13). The molecule has 15 heavy (non-hydrogen) atoms. The van der Waals surface area contributed by atoms with Crippen LogP contribution in [0.3, 0.4) is 0 Å². The summed E-state index contributed by atoms with van der Waals surface area (Å²) in [6, 6.07) is 3.14. The Balaban J connectivity index is 2.70. The third kappa shape index (κ3) is 1.88. The molecular weight excluding hydrogens is 238 g/mol. The van der Waals surface area contributed by atoms with E-state index in [0.717, 1.165) is 11.3 Å². The first kappa shape index (κ1) is 10.2. The van der Waals surface area contributed by atoms with Crippen LogP contribution in [0.4, 0.5) is 0 Å². The molecule has 0 aliphatic carbocycles. The minimum atomic E-state index is -0.431. The smallest absolute Gasteiger partial charge is 0.308 e. The maximum atomic E-state index is 11.1. The molecule has 0 unspecified atom stereocenters. The van der Waals surface area contributed by atoms with Crippen LogP contribution < -0.4 is 9.61 Å². The Hall–Kier alpha value is -1.33. The molecule has 2 rings (SSSR count). The number of carbonyl (C=O) groups is 1. The predicted octanol–water partition coefficient (Wildman–Crippen LogP) is 2.17. The van der Waals surface area contributed by atoms with Crippen molar-refractivity contribution in [2.24, 2.45) is 0 Å². The molecular formula is C9H6ClNO3S. The SMILES string of the molecule is CC(=O)Oc1ccc(Cl)c2[nH]c(=O)sc12. The highest BCUT2D eigenvalue weighted by Crippen LogP contribution is 2.31. The van der Waals surface area contributed by atoms with Crippen molar-refractivity contribution in [3.8, 4) is 5.75 Å². The van der Waals surface area contributed by atoms with Gasteiger partial charge in [0.15, 0.2) is 0 Å². The van der Waals surface area contributed by atoms with Gasteiger partial charge in [-0.2, -0.15) is 0 Å². The summed E-state index contributed by atoms with van der Waals surface area (Å²) >= 11 is 6.84. The van der Waals surface area contributed by atoms with Gasteiger partial charge < -0.3 is 9.72 Å². The molecule has 0 amide bonds. The number of ether oxygens (including phenoxy) is 1. The van der Waals surface area contributed by atoms with E-state index >= 15 is 0 Å². The van der Waals surface area contributed by atoms with Crippen molar-refractivity contribution in [2.75, 3.05) is 0 Å². The average Bonchev–Trinajstić information content (AvgIpc) is 2.52. The molecule has 0 saturated carbocycles. The third-order valence-corrected chi connectivity index (χ3v) is 2.96. The number of aromatic nitrogens is 1. The molecule has 0 aliphatic heterocycles. The van der Waals surface area contributed by atoms with Gasteiger partial charge in [0.1, 0.15) is 10.4 Å². The highest BCUT2D eigenvalue weighted by molar-refractivity contribution is 7.16. The van der Waals surface area contributed by atoms with Gasteiger partial charge in [0, 0.05) is 6.92 Å². The molecule has 2 aromatic rings. The molecule has 0 saturated heterocycles. The first-order chi connectivity index (χ1) is 7.08. The van der Waals surface area contributed by atoms with Crippen LogP contribution in [-0.2, 0) is 4.79 Å². The summed E-state index contributed by atoms with van der Waals surface area (Å²) in [4.78, 5) is 24.3. The Morgan fingerprint density at radius 2 is 2.27 bits per heavy atom. The zero-order chi connectivity index (χ0) is 11.0. The molecule has 4 nitrogen and oxygen atoms in total. The fourth-order valence-electron chi connectivity index (χ4n) is 1.21. The second kappa shape index (κ2) is 3.67. The van der Waals surface area contributed by atoms with E-state index in [0.29, 0.717) is 21.0 Å². The third-order valence-electron chi connectivity index (χ3n) is 1.75. The number of H-pyrrole nitrogens is 1. The molecule has 1 heterocycles. The summed E-state index contributed by atoms with van der Waals surface area (Å²) in [5.41, 5.74) is 0.505. The zero-order valence-electron chi connectivity index (χ0n) is 7.67. The van der Waals surface area contributed by atoms with E-state index in [1.807, 2.05) is 0 Å². The Kier molecular flexibility index (Phi) is 2.50. The van der Waals surface area contributed by atoms with Gasteiger partial charge in [0.2, 0.25) is 0 Å². The maximum absolute atomic E-state index is 11.1. The highest BCUT2D eigenvalue weighted by Gasteiger charge is 2.11. The van der Waals surface area contributed by atoms with E-state index in [1.54, 1.807) is 12.1 Å². The van der Waals surface area contributed by atoms with Gasteiger partial charge in [-0.1, -0.05) is 22.9 Å². The van der Waals surface area contributed by atoms with Crippen LogP contribution in [0.15, 0.2) is 16.9 Å². The molecule has 0 spiro atoms. The molecule has 0 aliphatic rings. The molecule has 1 aromatic heterocycles. The number of rotatable bonds is 1. The number of hydrogen-bond donors (Lipinski definition) is 1. The van der Waals surface area contributed by atoms with E-state index in [1.165, 1.54) is 6.92 Å². The van der Waals surface area contributed by atoms with Gasteiger partial charge in [0.25, 0.3) is 0 Å². The lowest BCUT2D eigenvalue weighted by Gasteiger charge is -2.02. The van der Waals surface area contributed by atoms with E-state index in [-0.39, 0.29) is 4.87 Å². The van der Waals surface area contributed by atoms with Crippen LogP contribution in [0.5, 0.6) is 5.75 Å². The monoisotopic (exact) mass is 243 g/mol. The number of nitrogens with one attached hydrogen (secondary N) is 1. The summed E-state index contributed by atoms with van der Waals surface area (Å²) in [5.74, 6) is -0.0790. The molecule has 0 fully saturated rings. The van der Waals surface area contributed by atoms with Crippen LogP contribution in [0, 0.1) is 0 Å². The predicted molar refractivity (Wildman–Crippen MR) is 58.8 cm³/mol. The van der Waals surface area contributed by atoms with Crippen molar-refractivity contribution in [3.63, 3.8) is 0 Å². The van der Waals surface area contributed by atoms with Crippen molar-refractivity contribution >= 4 is 39.1 Å². The van der Waals surface area contributed by atoms with Gasteiger partial charge in [-0.25, -0.2) is 0 Å². The normalized spacial score (nSPS) is 10.5. The van der Waals surface area contributed by atoms with Crippen LogP contribution in [0.25, 0.3) is 10.2 Å². The average molecular weight is 244 g/mol. The number of thiazole rings is 1. The quantitative estimate of drug-likeness (QED) is 0.617. The first-order valence-electron chi connectivity index (χ1n) is 4.07. The molecule has 1 N–H and O–H groups in total. The number of benzene rings is 1. The number of esters is 1. The van der Waals surface area contributed by atoms with Crippen molar-refractivity contribution in [3.05, 3.63) is 26.8 Å². The van der Waals surface area contributed by atoms with Gasteiger partial charge in [-0.15, -0.1) is 0 Å². The summed E-state index contributed by atoms with van der Waals surface area (Å²) in [7, 11) is 0. The Morgan fingerprint density at radius 3 is 2.93 bits per heavy atom. The molecule has 78 valence electrons. The molecule has 1 aromatic carbocycles. The minimum Gasteiger partial charge on any atom is -0.425 e. The van der Waals surface area contributed by atoms with E-state index < -0.39 is 5.97 Å². The van der Waals surface area contributed by atoms with Crippen molar-refractivity contribution in [1.82, 2.24) is 4.98 Å². The Bertz CT molecular complexity index is 587. The zero-order valence-corrected chi connectivity index (χ0v) is 9.24. The van der Waals surface area contributed by atoms with Crippen LogP contribution >= 0.6 is 22.9 Å². The summed E-state index contributed by atoms with van der Waals surface area (Å²) < 4.78 is 5.51. The molecule has 0 radical (unpaired) electrons. The Morgan fingerprint density at radius 1 is 1.53 bits per heavy atom. The maximum Gasteiger partial charge on any atom is 0.308 e. The number of carbonyl (C=O) groups excluding carboxylic acids is 1. The fraction of sp³-hybridized carbons (Fsp3) is 0.111. The van der Waals surface area contributed by atoms with E-state index in [9.17, 15) is 9.59 Å². The van der Waals surface area contributed by atoms with E-state index in [4.69, 9.17) is 16.3 Å². The molecule has 0 bridgehead atoms. The van der Waals surface area contributed by atoms with Crippen molar-refractivity contribution in [1.29, 1.82) is 0 Å². The fourth-order valence-corrected chi connectivity index (χ4v) is 2.29.